The van der Waals surface area contributed by atoms with Crippen LogP contribution >= 0.6 is 23.2 Å². The van der Waals surface area contributed by atoms with Gasteiger partial charge in [0.2, 0.25) is 0 Å². The smallest absolute Gasteiger partial charge is 0.255 e. The average Bonchev–Trinajstić information content (AvgIpc) is 3.24. The minimum atomic E-state index is -0.324. The Hall–Kier alpha value is -3.35. The maximum Gasteiger partial charge on any atom is 0.255 e. The first kappa shape index (κ1) is 19.9. The van der Waals surface area contributed by atoms with Gasteiger partial charge in [0.15, 0.2) is 0 Å². The number of hydrogen-bond acceptors (Lipinski definition) is 4. The number of aromatic nitrogens is 3. The lowest BCUT2D eigenvalue weighted by Gasteiger charge is -2.07. The third-order valence-corrected chi connectivity index (χ3v) is 4.81. The molecule has 0 atom stereocenters. The lowest BCUT2D eigenvalue weighted by molar-refractivity contribution is 0.102. The van der Waals surface area contributed by atoms with Gasteiger partial charge in [-0.25, -0.2) is 9.67 Å². The summed E-state index contributed by atoms with van der Waals surface area (Å²) in [5.41, 5.74) is 3.86. The van der Waals surface area contributed by atoms with Crippen LogP contribution in [0.15, 0.2) is 73.1 Å². The van der Waals surface area contributed by atoms with E-state index in [4.69, 9.17) is 27.9 Å². The van der Waals surface area contributed by atoms with Crippen molar-refractivity contribution in [2.75, 3.05) is 12.4 Å². The Kier molecular flexibility index (Phi) is 5.70. The Balaban J connectivity index is 1.48. The molecule has 0 unspecified atom stereocenters. The Labute approximate surface area is 183 Å². The number of nitrogens with one attached hydrogen (secondary N) is 1. The minimum absolute atomic E-state index is 0.161. The molecule has 1 N–H and O–H groups in total. The average molecular weight is 439 g/mol. The molecule has 0 aliphatic rings. The lowest BCUT2D eigenvalue weighted by atomic mass is 10.1. The normalized spacial score (nSPS) is 10.6. The first-order valence-corrected chi connectivity index (χ1v) is 9.71. The zero-order valence-corrected chi connectivity index (χ0v) is 17.4. The van der Waals surface area contributed by atoms with Gasteiger partial charge in [-0.2, -0.15) is 5.10 Å². The number of nitrogens with zero attached hydrogens (tertiary/aromatic N) is 3. The minimum Gasteiger partial charge on any atom is -0.497 e. The van der Waals surface area contributed by atoms with Gasteiger partial charge in [-0.15, -0.1) is 0 Å². The first-order valence-electron chi connectivity index (χ1n) is 8.96. The molecule has 8 heteroatoms. The second kappa shape index (κ2) is 8.57. The highest BCUT2D eigenvalue weighted by Crippen LogP contribution is 2.23. The molecule has 30 heavy (non-hydrogen) atoms. The molecule has 0 bridgehead atoms. The van der Waals surface area contributed by atoms with Crippen LogP contribution in [0.2, 0.25) is 10.3 Å². The molecule has 6 nitrogen and oxygen atoms in total. The molecular weight excluding hydrogens is 423 g/mol. The number of methoxy groups -OCH3 is 1. The number of halogens is 2. The van der Waals surface area contributed by atoms with Crippen LogP contribution in [0, 0.1) is 0 Å². The van der Waals surface area contributed by atoms with Crippen LogP contribution in [-0.4, -0.2) is 27.8 Å². The number of carbonyl (C=O) groups is 1. The first-order chi connectivity index (χ1) is 14.5. The molecule has 0 radical (unpaired) electrons. The molecule has 2 heterocycles. The molecule has 0 saturated heterocycles. The van der Waals surface area contributed by atoms with E-state index in [2.05, 4.69) is 15.4 Å². The van der Waals surface area contributed by atoms with Crippen LogP contribution in [0.25, 0.3) is 16.8 Å². The number of rotatable bonds is 5. The van der Waals surface area contributed by atoms with Crippen molar-refractivity contribution in [2.24, 2.45) is 0 Å². The van der Waals surface area contributed by atoms with E-state index in [0.717, 1.165) is 22.6 Å². The van der Waals surface area contributed by atoms with Gasteiger partial charge in [0, 0.05) is 23.0 Å². The van der Waals surface area contributed by atoms with Crippen LogP contribution < -0.4 is 10.1 Å². The summed E-state index contributed by atoms with van der Waals surface area (Å²) in [6.07, 6.45) is 3.74. The topological polar surface area (TPSA) is 69.0 Å². The summed E-state index contributed by atoms with van der Waals surface area (Å²) in [6.45, 7) is 0. The van der Waals surface area contributed by atoms with E-state index in [9.17, 15) is 4.79 Å². The van der Waals surface area contributed by atoms with Crippen LogP contribution in [-0.2, 0) is 0 Å². The van der Waals surface area contributed by atoms with Crippen molar-refractivity contribution in [3.63, 3.8) is 0 Å². The second-order valence-electron chi connectivity index (χ2n) is 6.40. The Morgan fingerprint density at radius 3 is 2.27 bits per heavy atom. The molecular formula is C22H16Cl2N4O2. The molecule has 0 aliphatic carbocycles. The summed E-state index contributed by atoms with van der Waals surface area (Å²) >= 11 is 11.7. The predicted molar refractivity (Wildman–Crippen MR) is 118 cm³/mol. The molecule has 0 saturated carbocycles. The van der Waals surface area contributed by atoms with Gasteiger partial charge in [0.1, 0.15) is 16.1 Å². The zero-order valence-electron chi connectivity index (χ0n) is 15.8. The summed E-state index contributed by atoms with van der Waals surface area (Å²) in [7, 11) is 1.64. The molecule has 0 spiro atoms. The zero-order chi connectivity index (χ0) is 21.1. The summed E-state index contributed by atoms with van der Waals surface area (Å²) in [6, 6.07) is 18.0. The Morgan fingerprint density at radius 2 is 1.63 bits per heavy atom. The monoisotopic (exact) mass is 438 g/mol. The molecule has 4 aromatic rings. The molecule has 1 amide bonds. The molecule has 0 aliphatic heterocycles. The van der Waals surface area contributed by atoms with Gasteiger partial charge >= 0.3 is 0 Å². The third kappa shape index (κ3) is 4.45. The molecule has 2 aromatic heterocycles. The maximum atomic E-state index is 12.4. The van der Waals surface area contributed by atoms with E-state index >= 15 is 0 Å². The van der Waals surface area contributed by atoms with E-state index in [1.165, 1.54) is 12.1 Å². The van der Waals surface area contributed by atoms with E-state index in [-0.39, 0.29) is 16.2 Å². The second-order valence-corrected chi connectivity index (χ2v) is 7.18. The SMILES string of the molecule is COc1ccc(-c2cnn(-c3ccc(NC(=O)c4cc(Cl)nc(Cl)c4)cc3)c2)cc1. The van der Waals surface area contributed by atoms with Gasteiger partial charge in [-0.3, -0.25) is 4.79 Å². The third-order valence-electron chi connectivity index (χ3n) is 4.42. The van der Waals surface area contributed by atoms with Crippen LogP contribution in [0.4, 0.5) is 5.69 Å². The highest BCUT2D eigenvalue weighted by Gasteiger charge is 2.10. The van der Waals surface area contributed by atoms with E-state index in [1.807, 2.05) is 42.6 Å². The van der Waals surface area contributed by atoms with Crippen molar-refractivity contribution < 1.29 is 9.53 Å². The quantitative estimate of drug-likeness (QED) is 0.417. The fourth-order valence-electron chi connectivity index (χ4n) is 2.89. The highest BCUT2D eigenvalue weighted by atomic mass is 35.5. The summed E-state index contributed by atoms with van der Waals surface area (Å²) < 4.78 is 6.96. The number of ether oxygens (including phenoxy) is 1. The number of pyridine rings is 1. The van der Waals surface area contributed by atoms with Crippen LogP contribution in [0.1, 0.15) is 10.4 Å². The Bertz CT molecular complexity index is 1170. The van der Waals surface area contributed by atoms with Gasteiger partial charge in [-0.05, 0) is 54.1 Å². The van der Waals surface area contributed by atoms with Crippen molar-refractivity contribution >= 4 is 34.8 Å². The van der Waals surface area contributed by atoms with Crippen molar-refractivity contribution in [3.8, 4) is 22.6 Å². The fraction of sp³-hybridized carbons (Fsp3) is 0.0455. The van der Waals surface area contributed by atoms with Gasteiger partial charge in [0.25, 0.3) is 5.91 Å². The largest absolute Gasteiger partial charge is 0.497 e. The predicted octanol–water partition coefficient (Wildman–Crippen LogP) is 5.50. The molecule has 0 fully saturated rings. The van der Waals surface area contributed by atoms with Crippen molar-refractivity contribution in [3.05, 3.63) is 88.9 Å². The number of amides is 1. The number of carbonyl (C=O) groups excluding carboxylic acids is 1. The number of benzene rings is 2. The maximum absolute atomic E-state index is 12.4. The molecule has 2 aromatic carbocycles. The van der Waals surface area contributed by atoms with Crippen LogP contribution in [0.5, 0.6) is 5.75 Å². The van der Waals surface area contributed by atoms with Crippen molar-refractivity contribution in [1.82, 2.24) is 14.8 Å². The number of anilines is 1. The standard InChI is InChI=1S/C22H16Cl2N4O2/c1-30-19-8-2-14(3-9-19)16-12-25-28(13-16)18-6-4-17(5-7-18)26-22(29)15-10-20(23)27-21(24)11-15/h2-13H,1H3,(H,26,29). The lowest BCUT2D eigenvalue weighted by Crippen LogP contribution is -2.12. The van der Waals surface area contributed by atoms with E-state index < -0.39 is 0 Å². The highest BCUT2D eigenvalue weighted by molar-refractivity contribution is 6.33. The van der Waals surface area contributed by atoms with Crippen LogP contribution in [0.3, 0.4) is 0 Å². The number of hydrogen-bond donors (Lipinski definition) is 1. The molecule has 150 valence electrons. The summed E-state index contributed by atoms with van der Waals surface area (Å²) in [4.78, 5) is 16.2. The van der Waals surface area contributed by atoms with Crippen molar-refractivity contribution in [2.45, 2.75) is 0 Å². The van der Waals surface area contributed by atoms with Gasteiger partial charge < -0.3 is 10.1 Å². The summed E-state index contributed by atoms with van der Waals surface area (Å²) in [5.74, 6) is 0.481. The fourth-order valence-corrected chi connectivity index (χ4v) is 3.35. The van der Waals surface area contributed by atoms with E-state index in [0.29, 0.717) is 11.3 Å². The van der Waals surface area contributed by atoms with Crippen molar-refractivity contribution in [1.29, 1.82) is 0 Å². The van der Waals surface area contributed by atoms with Gasteiger partial charge in [-0.1, -0.05) is 35.3 Å². The van der Waals surface area contributed by atoms with E-state index in [1.54, 1.807) is 30.1 Å². The summed E-state index contributed by atoms with van der Waals surface area (Å²) in [5, 5.41) is 7.56. The van der Waals surface area contributed by atoms with Gasteiger partial charge in [0.05, 0.1) is 19.0 Å². The molecule has 4 rings (SSSR count). The Morgan fingerprint density at radius 1 is 0.967 bits per heavy atom.